The average molecular weight is 204 g/mol. The minimum Gasteiger partial charge on any atom is -0.480 e. The number of hydrogen-bond donors (Lipinski definition) is 1. The number of thioether (sulfide) groups is 1. The van der Waals surface area contributed by atoms with Gasteiger partial charge < -0.3 is 5.11 Å². The Labute approximate surface area is 82.9 Å². The highest BCUT2D eigenvalue weighted by molar-refractivity contribution is 8.15. The molecule has 0 aromatic rings. The van der Waals surface area contributed by atoms with Gasteiger partial charge in [0.2, 0.25) is 0 Å². The van der Waals surface area contributed by atoms with E-state index in [4.69, 9.17) is 5.11 Å². The molecule has 0 heterocycles. The molecule has 0 saturated heterocycles. The molecule has 76 valence electrons. The molecular formula is C9H16O3S. The average Bonchev–Trinajstić information content (AvgIpc) is 1.82. The SMILES string of the molecule is CC(=O)S[C@@](C)(CC(C)C)C(=O)O. The molecule has 4 heteroatoms. The summed E-state index contributed by atoms with van der Waals surface area (Å²) in [5, 5.41) is 8.81. The van der Waals surface area contributed by atoms with E-state index < -0.39 is 10.7 Å². The third-order valence-corrected chi connectivity index (χ3v) is 2.70. The highest BCUT2D eigenvalue weighted by Gasteiger charge is 2.36. The Morgan fingerprint density at radius 1 is 1.46 bits per heavy atom. The van der Waals surface area contributed by atoms with Gasteiger partial charge in [0.15, 0.2) is 5.12 Å². The molecule has 0 saturated carbocycles. The highest BCUT2D eigenvalue weighted by atomic mass is 32.2. The van der Waals surface area contributed by atoms with E-state index >= 15 is 0 Å². The monoisotopic (exact) mass is 204 g/mol. The lowest BCUT2D eigenvalue weighted by Gasteiger charge is -2.24. The first-order chi connectivity index (χ1) is 5.78. The number of aliphatic carboxylic acids is 1. The second-order valence-electron chi connectivity index (χ2n) is 3.73. The molecule has 0 spiro atoms. The first-order valence-corrected chi connectivity index (χ1v) is 5.02. The molecule has 0 aromatic heterocycles. The summed E-state index contributed by atoms with van der Waals surface area (Å²) in [4.78, 5) is 21.8. The standard InChI is InChI=1S/C9H16O3S/c1-6(2)5-9(4,8(11)12)13-7(3)10/h6H,5H2,1-4H3,(H,11,12)/t9-/m0/s1. The maximum atomic E-state index is 10.9. The summed E-state index contributed by atoms with van der Waals surface area (Å²) >= 11 is 0.900. The first kappa shape index (κ1) is 12.5. The molecule has 0 aliphatic rings. The second kappa shape index (κ2) is 4.65. The largest absolute Gasteiger partial charge is 0.480 e. The highest BCUT2D eigenvalue weighted by Crippen LogP contribution is 2.32. The lowest BCUT2D eigenvalue weighted by atomic mass is 9.98. The van der Waals surface area contributed by atoms with E-state index in [1.165, 1.54) is 6.92 Å². The Kier molecular flexibility index (Phi) is 4.47. The van der Waals surface area contributed by atoms with Crippen LogP contribution in [0.5, 0.6) is 0 Å². The Morgan fingerprint density at radius 3 is 2.15 bits per heavy atom. The van der Waals surface area contributed by atoms with Crippen LogP contribution in [0.15, 0.2) is 0 Å². The van der Waals surface area contributed by atoms with Crippen molar-refractivity contribution < 1.29 is 14.7 Å². The number of hydrogen-bond acceptors (Lipinski definition) is 3. The van der Waals surface area contributed by atoms with E-state index in [1.807, 2.05) is 13.8 Å². The van der Waals surface area contributed by atoms with Crippen molar-refractivity contribution in [2.45, 2.75) is 38.9 Å². The van der Waals surface area contributed by atoms with Crippen LogP contribution in [0, 0.1) is 5.92 Å². The molecule has 0 amide bonds. The van der Waals surface area contributed by atoms with Crippen LogP contribution < -0.4 is 0 Å². The molecule has 13 heavy (non-hydrogen) atoms. The van der Waals surface area contributed by atoms with E-state index in [1.54, 1.807) is 6.92 Å². The molecule has 1 N–H and O–H groups in total. The molecule has 0 aromatic carbocycles. The molecule has 0 aliphatic carbocycles. The van der Waals surface area contributed by atoms with Gasteiger partial charge in [-0.2, -0.15) is 0 Å². The van der Waals surface area contributed by atoms with Crippen LogP contribution in [0.1, 0.15) is 34.1 Å². The molecule has 0 rings (SSSR count). The maximum Gasteiger partial charge on any atom is 0.319 e. The zero-order valence-corrected chi connectivity index (χ0v) is 9.27. The van der Waals surface area contributed by atoms with Gasteiger partial charge in [0.25, 0.3) is 0 Å². The normalized spacial score (nSPS) is 15.5. The number of carbonyl (C=O) groups is 2. The minimum absolute atomic E-state index is 0.148. The van der Waals surface area contributed by atoms with E-state index in [-0.39, 0.29) is 11.0 Å². The van der Waals surface area contributed by atoms with E-state index in [0.717, 1.165) is 11.8 Å². The van der Waals surface area contributed by atoms with Crippen LogP contribution in [0.3, 0.4) is 0 Å². The topological polar surface area (TPSA) is 54.4 Å². The zero-order chi connectivity index (χ0) is 10.6. The number of carboxylic acids is 1. The second-order valence-corrected chi connectivity index (χ2v) is 5.41. The van der Waals surface area contributed by atoms with Crippen LogP contribution in [-0.4, -0.2) is 20.9 Å². The molecule has 0 radical (unpaired) electrons. The van der Waals surface area contributed by atoms with Crippen LogP contribution in [-0.2, 0) is 9.59 Å². The van der Waals surface area contributed by atoms with Crippen LogP contribution in [0.4, 0.5) is 0 Å². The lowest BCUT2D eigenvalue weighted by Crippen LogP contribution is -2.34. The molecule has 0 bridgehead atoms. The zero-order valence-electron chi connectivity index (χ0n) is 8.46. The van der Waals surface area contributed by atoms with Crippen LogP contribution in [0.2, 0.25) is 0 Å². The molecule has 0 fully saturated rings. The lowest BCUT2D eigenvalue weighted by molar-refractivity contribution is -0.140. The van der Waals surface area contributed by atoms with Crippen molar-refractivity contribution in [2.75, 3.05) is 0 Å². The maximum absolute atomic E-state index is 10.9. The minimum atomic E-state index is -0.972. The molecule has 3 nitrogen and oxygen atoms in total. The smallest absolute Gasteiger partial charge is 0.319 e. The number of carbonyl (C=O) groups excluding carboxylic acids is 1. The summed E-state index contributed by atoms with van der Waals surface area (Å²) in [6, 6.07) is 0. The van der Waals surface area contributed by atoms with Gasteiger partial charge in [0.05, 0.1) is 0 Å². The van der Waals surface area contributed by atoms with E-state index in [0.29, 0.717) is 6.42 Å². The predicted molar refractivity (Wildman–Crippen MR) is 53.8 cm³/mol. The predicted octanol–water partition coefficient (Wildman–Crippen LogP) is 2.16. The molecule has 0 aliphatic heterocycles. The summed E-state index contributed by atoms with van der Waals surface area (Å²) < 4.78 is -0.972. The molecule has 0 unspecified atom stereocenters. The van der Waals surface area contributed by atoms with Crippen molar-refractivity contribution in [3.8, 4) is 0 Å². The Balaban J connectivity index is 4.52. The van der Waals surface area contributed by atoms with Gasteiger partial charge in [-0.15, -0.1) is 0 Å². The van der Waals surface area contributed by atoms with Gasteiger partial charge in [-0.05, 0) is 19.3 Å². The van der Waals surface area contributed by atoms with Gasteiger partial charge in [0.1, 0.15) is 4.75 Å². The van der Waals surface area contributed by atoms with E-state index in [9.17, 15) is 9.59 Å². The van der Waals surface area contributed by atoms with Crippen molar-refractivity contribution in [2.24, 2.45) is 5.92 Å². The number of carboxylic acid groups (broad SMARTS) is 1. The quantitative estimate of drug-likeness (QED) is 0.762. The summed E-state index contributed by atoms with van der Waals surface area (Å²) in [5.74, 6) is -0.644. The fourth-order valence-corrected chi connectivity index (χ4v) is 2.41. The van der Waals surface area contributed by atoms with Crippen molar-refractivity contribution in [1.82, 2.24) is 0 Å². The third-order valence-electron chi connectivity index (χ3n) is 1.62. The van der Waals surface area contributed by atoms with Crippen LogP contribution >= 0.6 is 11.8 Å². The summed E-state index contributed by atoms with van der Waals surface area (Å²) in [6.07, 6.45) is 0.507. The van der Waals surface area contributed by atoms with Gasteiger partial charge in [-0.3, -0.25) is 9.59 Å². The van der Waals surface area contributed by atoms with Gasteiger partial charge in [0, 0.05) is 6.92 Å². The van der Waals surface area contributed by atoms with Crippen molar-refractivity contribution in [3.05, 3.63) is 0 Å². The fraction of sp³-hybridized carbons (Fsp3) is 0.778. The first-order valence-electron chi connectivity index (χ1n) is 4.21. The van der Waals surface area contributed by atoms with E-state index in [2.05, 4.69) is 0 Å². The molecule has 1 atom stereocenters. The van der Waals surface area contributed by atoms with Crippen LogP contribution in [0.25, 0.3) is 0 Å². The van der Waals surface area contributed by atoms with Gasteiger partial charge in [-0.1, -0.05) is 25.6 Å². The summed E-state index contributed by atoms with van der Waals surface area (Å²) in [7, 11) is 0. The Bertz CT molecular complexity index is 213. The number of rotatable bonds is 4. The Morgan fingerprint density at radius 2 is 1.92 bits per heavy atom. The summed E-state index contributed by atoms with van der Waals surface area (Å²) in [5.41, 5.74) is 0. The van der Waals surface area contributed by atoms with Crippen molar-refractivity contribution in [3.63, 3.8) is 0 Å². The Hall–Kier alpha value is -0.510. The van der Waals surface area contributed by atoms with Gasteiger partial charge >= 0.3 is 5.97 Å². The molecular weight excluding hydrogens is 188 g/mol. The van der Waals surface area contributed by atoms with Crippen molar-refractivity contribution in [1.29, 1.82) is 0 Å². The summed E-state index contributed by atoms with van der Waals surface area (Å²) in [6.45, 7) is 6.89. The third kappa shape index (κ3) is 4.31. The fourth-order valence-electron chi connectivity index (χ4n) is 1.27. The van der Waals surface area contributed by atoms with Crippen molar-refractivity contribution >= 4 is 22.8 Å². The van der Waals surface area contributed by atoms with Gasteiger partial charge in [-0.25, -0.2) is 0 Å².